The molecule has 3 rings (SSSR count). The molecule has 1 N–H and O–H groups in total. The summed E-state index contributed by atoms with van der Waals surface area (Å²) in [4.78, 5) is 17.1. The first-order chi connectivity index (χ1) is 8.25. The van der Waals surface area contributed by atoms with Gasteiger partial charge in [-0.25, -0.2) is 9.78 Å². The molecule has 0 radical (unpaired) electrons. The van der Waals surface area contributed by atoms with Crippen molar-refractivity contribution in [2.75, 3.05) is 0 Å². The van der Waals surface area contributed by atoms with Crippen molar-refractivity contribution >= 4 is 22.3 Å². The van der Waals surface area contributed by atoms with E-state index in [1.54, 1.807) is 18.3 Å². The van der Waals surface area contributed by atoms with Crippen molar-refractivity contribution in [2.45, 2.75) is 0 Å². The lowest BCUT2D eigenvalue weighted by atomic mass is 10.1. The van der Waals surface area contributed by atoms with Gasteiger partial charge in [-0.2, -0.15) is 0 Å². The highest BCUT2D eigenvalue weighted by Crippen LogP contribution is 2.30. The van der Waals surface area contributed by atoms with Crippen molar-refractivity contribution in [3.63, 3.8) is 0 Å². The van der Waals surface area contributed by atoms with Crippen molar-refractivity contribution in [3.8, 4) is 10.4 Å². The first kappa shape index (κ1) is 10.0. The Hall–Kier alpha value is -2.14. The molecule has 0 saturated heterocycles. The fourth-order valence-corrected chi connectivity index (χ4v) is 2.72. The number of fused-ring (bicyclic) bond motifs is 1. The van der Waals surface area contributed by atoms with Crippen LogP contribution in [0.5, 0.6) is 0 Å². The van der Waals surface area contributed by atoms with E-state index in [0.717, 1.165) is 15.4 Å². The Morgan fingerprint density at radius 2 is 2.18 bits per heavy atom. The Bertz CT molecular complexity index is 671. The van der Waals surface area contributed by atoms with Crippen LogP contribution in [0.3, 0.4) is 0 Å². The first-order valence-corrected chi connectivity index (χ1v) is 5.82. The molecule has 0 fully saturated rings. The van der Waals surface area contributed by atoms with Gasteiger partial charge in [-0.15, -0.1) is 0 Å². The normalized spacial score (nSPS) is 10.8. The zero-order valence-electron chi connectivity index (χ0n) is 8.70. The van der Waals surface area contributed by atoms with Crippen molar-refractivity contribution in [3.05, 3.63) is 48.4 Å². The highest BCUT2D eigenvalue weighted by Gasteiger charge is 2.13. The monoisotopic (exact) mass is 244 g/mol. The number of carbonyl (C=O) groups is 1. The average molecular weight is 244 g/mol. The molecule has 0 unspecified atom stereocenters. The van der Waals surface area contributed by atoms with Crippen LogP contribution in [-0.2, 0) is 0 Å². The van der Waals surface area contributed by atoms with Gasteiger partial charge < -0.3 is 5.11 Å². The second kappa shape index (κ2) is 3.71. The van der Waals surface area contributed by atoms with Crippen LogP contribution in [0.15, 0.2) is 42.9 Å². The number of hydrogen-bond donors (Lipinski definition) is 1. The van der Waals surface area contributed by atoms with E-state index in [-0.39, 0.29) is 0 Å². The molecule has 0 amide bonds. The molecule has 3 aromatic rings. The minimum absolute atomic E-state index is 0.317. The molecular formula is C12H8N2O2S. The number of nitrogens with zero attached hydrogens (tertiary/aromatic N) is 2. The van der Waals surface area contributed by atoms with Gasteiger partial charge in [-0.05, 0) is 6.07 Å². The van der Waals surface area contributed by atoms with Crippen LogP contribution < -0.4 is 0 Å². The summed E-state index contributed by atoms with van der Waals surface area (Å²) in [5, 5.41) is 9.13. The maximum absolute atomic E-state index is 11.1. The fourth-order valence-electron chi connectivity index (χ4n) is 1.74. The standard InChI is InChI=1S/C12H8N2O2S/c15-11(16)9-4-2-1-3-8(9)10-7-14-6-5-13-12(14)17-10/h1-7H,(H,15,16). The third kappa shape index (κ3) is 1.60. The molecule has 17 heavy (non-hydrogen) atoms. The van der Waals surface area contributed by atoms with Gasteiger partial charge in [-0.3, -0.25) is 4.40 Å². The summed E-state index contributed by atoms with van der Waals surface area (Å²) in [6.45, 7) is 0. The number of rotatable bonds is 2. The third-order valence-corrected chi connectivity index (χ3v) is 3.56. The van der Waals surface area contributed by atoms with Gasteiger partial charge in [0.2, 0.25) is 0 Å². The summed E-state index contributed by atoms with van der Waals surface area (Å²) in [7, 11) is 0. The van der Waals surface area contributed by atoms with Gasteiger partial charge in [0, 0.05) is 24.2 Å². The topological polar surface area (TPSA) is 54.6 Å². The molecule has 0 saturated carbocycles. The predicted octanol–water partition coefficient (Wildman–Crippen LogP) is 2.76. The molecule has 0 aliphatic rings. The quantitative estimate of drug-likeness (QED) is 0.754. The van der Waals surface area contributed by atoms with Crippen LogP contribution in [0.4, 0.5) is 0 Å². The van der Waals surface area contributed by atoms with Crippen molar-refractivity contribution in [2.24, 2.45) is 0 Å². The molecule has 2 aromatic heterocycles. The van der Waals surface area contributed by atoms with Crippen molar-refractivity contribution < 1.29 is 9.90 Å². The van der Waals surface area contributed by atoms with Crippen molar-refractivity contribution in [1.82, 2.24) is 9.38 Å². The van der Waals surface area contributed by atoms with E-state index >= 15 is 0 Å². The Balaban J connectivity index is 2.21. The summed E-state index contributed by atoms with van der Waals surface area (Å²) >= 11 is 1.48. The van der Waals surface area contributed by atoms with E-state index in [0.29, 0.717) is 5.56 Å². The summed E-state index contributed by atoms with van der Waals surface area (Å²) in [5.41, 5.74) is 1.05. The van der Waals surface area contributed by atoms with Gasteiger partial charge in [0.15, 0.2) is 4.96 Å². The predicted molar refractivity (Wildman–Crippen MR) is 65.5 cm³/mol. The number of hydrogen-bond acceptors (Lipinski definition) is 3. The Labute approximate surface area is 101 Å². The van der Waals surface area contributed by atoms with Gasteiger partial charge in [0.05, 0.1) is 10.4 Å². The molecule has 0 atom stereocenters. The molecule has 0 aliphatic carbocycles. The van der Waals surface area contributed by atoms with E-state index in [1.165, 1.54) is 11.3 Å². The van der Waals surface area contributed by atoms with Crippen LogP contribution >= 0.6 is 11.3 Å². The van der Waals surface area contributed by atoms with E-state index in [2.05, 4.69) is 4.98 Å². The molecule has 4 nitrogen and oxygen atoms in total. The fraction of sp³-hybridized carbons (Fsp3) is 0. The summed E-state index contributed by atoms with van der Waals surface area (Å²) in [6.07, 6.45) is 5.46. The van der Waals surface area contributed by atoms with E-state index < -0.39 is 5.97 Å². The van der Waals surface area contributed by atoms with Crippen LogP contribution in [0.1, 0.15) is 10.4 Å². The number of carboxylic acids is 1. The largest absolute Gasteiger partial charge is 0.478 e. The molecule has 1 aromatic carbocycles. The summed E-state index contributed by atoms with van der Waals surface area (Å²) in [6, 6.07) is 6.99. The number of thiazole rings is 1. The second-order valence-corrected chi connectivity index (χ2v) is 4.57. The van der Waals surface area contributed by atoms with Crippen LogP contribution in [0, 0.1) is 0 Å². The van der Waals surface area contributed by atoms with Gasteiger partial charge >= 0.3 is 5.97 Å². The molecular weight excluding hydrogens is 236 g/mol. The first-order valence-electron chi connectivity index (χ1n) is 5.01. The highest BCUT2D eigenvalue weighted by atomic mass is 32.1. The Kier molecular flexibility index (Phi) is 2.19. The maximum atomic E-state index is 11.1. The Morgan fingerprint density at radius 1 is 1.35 bits per heavy atom. The minimum atomic E-state index is -0.911. The SMILES string of the molecule is O=C(O)c1ccccc1-c1cn2ccnc2s1. The van der Waals surface area contributed by atoms with Gasteiger partial charge in [-0.1, -0.05) is 29.5 Å². The Morgan fingerprint density at radius 3 is 2.94 bits per heavy atom. The summed E-state index contributed by atoms with van der Waals surface area (Å²) in [5.74, 6) is -0.911. The molecule has 0 aliphatic heterocycles. The number of imidazole rings is 1. The number of benzene rings is 1. The van der Waals surface area contributed by atoms with E-state index in [1.807, 2.05) is 28.9 Å². The smallest absolute Gasteiger partial charge is 0.336 e. The van der Waals surface area contributed by atoms with Gasteiger partial charge in [0.1, 0.15) is 0 Å². The van der Waals surface area contributed by atoms with Crippen LogP contribution in [-0.4, -0.2) is 20.5 Å². The van der Waals surface area contributed by atoms with Crippen LogP contribution in [0.2, 0.25) is 0 Å². The molecule has 5 heteroatoms. The van der Waals surface area contributed by atoms with Crippen molar-refractivity contribution in [1.29, 1.82) is 0 Å². The number of aromatic carboxylic acids is 1. The minimum Gasteiger partial charge on any atom is -0.478 e. The third-order valence-electron chi connectivity index (χ3n) is 2.51. The molecule has 84 valence electrons. The van der Waals surface area contributed by atoms with E-state index in [4.69, 9.17) is 5.11 Å². The lowest BCUT2D eigenvalue weighted by Crippen LogP contribution is -1.98. The lowest BCUT2D eigenvalue weighted by molar-refractivity contribution is 0.0698. The molecule has 0 bridgehead atoms. The molecule has 2 heterocycles. The lowest BCUT2D eigenvalue weighted by Gasteiger charge is -2.01. The second-order valence-electron chi connectivity index (χ2n) is 3.56. The average Bonchev–Trinajstić information content (AvgIpc) is 2.88. The zero-order valence-corrected chi connectivity index (χ0v) is 9.52. The van der Waals surface area contributed by atoms with E-state index in [9.17, 15) is 4.79 Å². The highest BCUT2D eigenvalue weighted by molar-refractivity contribution is 7.20. The summed E-state index contributed by atoms with van der Waals surface area (Å²) < 4.78 is 1.89. The maximum Gasteiger partial charge on any atom is 0.336 e. The number of carboxylic acid groups (broad SMARTS) is 1. The molecule has 0 spiro atoms. The number of aromatic nitrogens is 2. The zero-order chi connectivity index (χ0) is 11.8. The van der Waals surface area contributed by atoms with Gasteiger partial charge in [0.25, 0.3) is 0 Å². The van der Waals surface area contributed by atoms with Crippen LogP contribution in [0.25, 0.3) is 15.4 Å².